The third-order valence-electron chi connectivity index (χ3n) is 5.93. The summed E-state index contributed by atoms with van der Waals surface area (Å²) < 4.78 is 43.9. The van der Waals surface area contributed by atoms with Crippen molar-refractivity contribution >= 4 is 42.4 Å². The van der Waals surface area contributed by atoms with Crippen molar-refractivity contribution in [3.05, 3.63) is 35.4 Å². The van der Waals surface area contributed by atoms with E-state index in [0.717, 1.165) is 12.1 Å². The molecule has 0 aliphatic heterocycles. The van der Waals surface area contributed by atoms with Gasteiger partial charge in [0.1, 0.15) is 18.1 Å². The fraction of sp³-hybridized carbons (Fsp3) is 0.607. The third-order valence-corrected chi connectivity index (χ3v) is 6.29. The number of rotatable bonds is 17. The number of hydrogen-bond donors (Lipinski definition) is 6. The lowest BCUT2D eigenvalue weighted by molar-refractivity contribution is -0.138. The molecule has 0 bridgehead atoms. The number of benzene rings is 1. The maximum atomic E-state index is 13.2. The van der Waals surface area contributed by atoms with Crippen molar-refractivity contribution in [1.82, 2.24) is 21.3 Å². The summed E-state index contributed by atoms with van der Waals surface area (Å²) in [5, 5.41) is 19.0. The van der Waals surface area contributed by atoms with Crippen LogP contribution < -0.4 is 21.3 Å². The predicted octanol–water partition coefficient (Wildman–Crippen LogP) is 2.93. The largest absolute Gasteiger partial charge is 0.481 e. The average molecular weight is 635 g/mol. The third kappa shape index (κ3) is 15.0. The summed E-state index contributed by atoms with van der Waals surface area (Å²) in [4.78, 5) is 62.2. The van der Waals surface area contributed by atoms with E-state index in [4.69, 9.17) is 9.84 Å². The second-order valence-corrected chi connectivity index (χ2v) is 11.2. The van der Waals surface area contributed by atoms with Crippen LogP contribution in [0.3, 0.4) is 0 Å². The molecule has 0 spiro atoms. The number of carbonyl (C=O) groups is 5. The van der Waals surface area contributed by atoms with Gasteiger partial charge in [-0.2, -0.15) is 25.8 Å². The molecule has 0 aliphatic carbocycles. The van der Waals surface area contributed by atoms with Gasteiger partial charge in [0.05, 0.1) is 12.2 Å². The number of nitrogens with one attached hydrogen (secondary N) is 4. The monoisotopic (exact) mass is 634 g/mol. The first kappa shape index (κ1) is 37.5. The molecule has 11 nitrogen and oxygen atoms in total. The molecule has 1 aromatic rings. The van der Waals surface area contributed by atoms with E-state index < -0.39 is 66.1 Å². The van der Waals surface area contributed by atoms with E-state index in [1.165, 1.54) is 12.1 Å². The van der Waals surface area contributed by atoms with Gasteiger partial charge in [-0.25, -0.2) is 4.79 Å². The van der Waals surface area contributed by atoms with E-state index in [1.807, 2.05) is 13.8 Å². The van der Waals surface area contributed by atoms with Gasteiger partial charge in [-0.1, -0.05) is 45.9 Å². The Balaban J connectivity index is 2.88. The van der Waals surface area contributed by atoms with Gasteiger partial charge in [0, 0.05) is 18.7 Å². The van der Waals surface area contributed by atoms with E-state index in [1.54, 1.807) is 13.8 Å². The molecule has 0 saturated carbocycles. The number of thiol groups is 1. The minimum absolute atomic E-state index is 0.00368. The van der Waals surface area contributed by atoms with E-state index in [0.29, 0.717) is 5.56 Å². The van der Waals surface area contributed by atoms with E-state index >= 15 is 0 Å². The molecule has 43 heavy (non-hydrogen) atoms. The Bertz CT molecular complexity index is 1100. The zero-order valence-corrected chi connectivity index (χ0v) is 25.5. The molecule has 5 N–H and O–H groups in total. The first-order valence-electron chi connectivity index (χ1n) is 13.8. The highest BCUT2D eigenvalue weighted by Crippen LogP contribution is 2.29. The summed E-state index contributed by atoms with van der Waals surface area (Å²) in [6.07, 6.45) is -5.85. The van der Waals surface area contributed by atoms with Gasteiger partial charge in [0.25, 0.3) is 0 Å². The van der Waals surface area contributed by atoms with Crippen LogP contribution in [0.5, 0.6) is 0 Å². The van der Waals surface area contributed by atoms with Crippen molar-refractivity contribution < 1.29 is 47.0 Å². The number of halogens is 3. The number of carboxylic acids is 1. The van der Waals surface area contributed by atoms with Crippen LogP contribution in [0.4, 0.5) is 18.0 Å². The molecule has 0 fully saturated rings. The molecule has 1 rings (SSSR count). The van der Waals surface area contributed by atoms with Gasteiger partial charge in [-0.3, -0.25) is 19.2 Å². The first-order chi connectivity index (χ1) is 20.0. The van der Waals surface area contributed by atoms with Gasteiger partial charge in [0.2, 0.25) is 17.7 Å². The van der Waals surface area contributed by atoms with E-state index in [-0.39, 0.29) is 50.0 Å². The molecule has 4 amide bonds. The molecule has 15 heteroatoms. The highest BCUT2D eigenvalue weighted by atomic mass is 32.1. The highest BCUT2D eigenvalue weighted by molar-refractivity contribution is 7.80. The van der Waals surface area contributed by atoms with Crippen LogP contribution in [0, 0.1) is 11.8 Å². The van der Waals surface area contributed by atoms with Gasteiger partial charge in [-0.05, 0) is 42.7 Å². The highest BCUT2D eigenvalue weighted by Gasteiger charge is 2.31. The van der Waals surface area contributed by atoms with Crippen LogP contribution in [0.25, 0.3) is 0 Å². The topological polar surface area (TPSA) is 163 Å². The van der Waals surface area contributed by atoms with Gasteiger partial charge in [0.15, 0.2) is 0 Å². The number of carboxylic acid groups (broad SMARTS) is 1. The molecule has 0 unspecified atom stereocenters. The number of aliphatic carboxylic acids is 1. The zero-order valence-electron chi connectivity index (χ0n) is 24.6. The lowest BCUT2D eigenvalue weighted by Crippen LogP contribution is -2.57. The molecule has 242 valence electrons. The van der Waals surface area contributed by atoms with Crippen molar-refractivity contribution in [3.8, 4) is 0 Å². The van der Waals surface area contributed by atoms with Crippen LogP contribution in [0.15, 0.2) is 24.3 Å². The Morgan fingerprint density at radius 1 is 0.907 bits per heavy atom. The fourth-order valence-corrected chi connectivity index (χ4v) is 4.02. The number of carbonyl (C=O) groups excluding carboxylic acids is 4. The Hall–Kier alpha value is -3.49. The molecule has 0 saturated heterocycles. The van der Waals surface area contributed by atoms with Gasteiger partial charge in [-0.15, -0.1) is 0 Å². The SMILES string of the molecule is CC(C)COC(=O)N[C@@H](CCC(=O)O)C(=O)N[C@@H](CC(C)C)C(=O)N[C@@H](CS)C(=O)NCCc1cccc(C(F)(F)F)c1. The number of amides is 4. The van der Waals surface area contributed by atoms with Gasteiger partial charge >= 0.3 is 18.2 Å². The van der Waals surface area contributed by atoms with E-state index in [2.05, 4.69) is 33.9 Å². The molecule has 0 aliphatic rings. The molecule has 0 aromatic heterocycles. The fourth-order valence-electron chi connectivity index (χ4n) is 3.76. The van der Waals surface area contributed by atoms with Crippen LogP contribution in [-0.4, -0.2) is 71.9 Å². The molecule has 1 aromatic carbocycles. The lowest BCUT2D eigenvalue weighted by atomic mass is 10.0. The Kier molecular flexibility index (Phi) is 15.9. The van der Waals surface area contributed by atoms with Crippen molar-refractivity contribution in [1.29, 1.82) is 0 Å². The smallest absolute Gasteiger partial charge is 0.416 e. The first-order valence-corrected chi connectivity index (χ1v) is 14.5. The van der Waals surface area contributed by atoms with Crippen molar-refractivity contribution in [2.24, 2.45) is 11.8 Å². The molecule has 0 radical (unpaired) electrons. The number of alkyl carbamates (subject to hydrolysis) is 1. The Morgan fingerprint density at radius 2 is 1.53 bits per heavy atom. The molecule has 3 atom stereocenters. The normalized spacial score (nSPS) is 13.5. The Labute approximate surface area is 254 Å². The van der Waals surface area contributed by atoms with Crippen molar-refractivity contribution in [3.63, 3.8) is 0 Å². The molecular formula is C28H41F3N4O7S. The van der Waals surface area contributed by atoms with Crippen LogP contribution in [-0.2, 0) is 36.5 Å². The Morgan fingerprint density at radius 3 is 2.09 bits per heavy atom. The second-order valence-electron chi connectivity index (χ2n) is 10.8. The second kappa shape index (κ2) is 18.2. The van der Waals surface area contributed by atoms with Crippen LogP contribution in [0.2, 0.25) is 0 Å². The number of ether oxygens (including phenoxy) is 1. The number of hydrogen-bond acceptors (Lipinski definition) is 7. The summed E-state index contributed by atoms with van der Waals surface area (Å²) in [5.41, 5.74) is -0.441. The predicted molar refractivity (Wildman–Crippen MR) is 155 cm³/mol. The summed E-state index contributed by atoms with van der Waals surface area (Å²) >= 11 is 4.12. The van der Waals surface area contributed by atoms with Crippen LogP contribution in [0.1, 0.15) is 58.1 Å². The summed E-state index contributed by atoms with van der Waals surface area (Å²) in [6.45, 7) is 7.29. The molecular weight excluding hydrogens is 593 g/mol. The summed E-state index contributed by atoms with van der Waals surface area (Å²) in [5.74, 6) is -3.53. The van der Waals surface area contributed by atoms with Crippen LogP contribution >= 0.6 is 12.6 Å². The maximum absolute atomic E-state index is 13.2. The van der Waals surface area contributed by atoms with Gasteiger partial charge < -0.3 is 31.1 Å². The summed E-state index contributed by atoms with van der Waals surface area (Å²) in [6, 6.07) is 1.13. The molecule has 0 heterocycles. The lowest BCUT2D eigenvalue weighted by Gasteiger charge is -2.25. The van der Waals surface area contributed by atoms with Crippen molar-refractivity contribution in [2.75, 3.05) is 18.9 Å². The number of alkyl halides is 3. The van der Waals surface area contributed by atoms with Crippen molar-refractivity contribution in [2.45, 2.75) is 77.7 Å². The maximum Gasteiger partial charge on any atom is 0.416 e. The minimum atomic E-state index is -4.49. The average Bonchev–Trinajstić information content (AvgIpc) is 2.91. The quantitative estimate of drug-likeness (QED) is 0.144. The standard InChI is InChI=1S/C28H41F3N4O7S/c1-16(2)12-21(33-25(39)20(8-9-23(36)37)35-27(41)42-14-17(3)4)26(40)34-22(15-43)24(38)32-11-10-18-6-5-7-19(13-18)28(29,30)31/h5-7,13,16-17,20-22,43H,8-12,14-15H2,1-4H3,(H,32,38)(H,33,39)(H,34,40)(H,35,41)(H,36,37)/t20-,21-,22-/m0/s1. The summed E-state index contributed by atoms with van der Waals surface area (Å²) in [7, 11) is 0. The van der Waals surface area contributed by atoms with E-state index in [9.17, 15) is 37.1 Å². The minimum Gasteiger partial charge on any atom is -0.481 e. The zero-order chi connectivity index (χ0) is 32.7.